The first kappa shape index (κ1) is 18.7. The molecule has 2 rings (SSSR count). The van der Waals surface area contributed by atoms with Gasteiger partial charge in [-0.1, -0.05) is 0 Å². The molecular formula is C16H18O9. The van der Waals surface area contributed by atoms with Crippen LogP contribution in [0.5, 0.6) is 11.5 Å². The molecule has 1 aromatic carbocycles. The molecule has 0 radical (unpaired) electrons. The van der Waals surface area contributed by atoms with Crippen LogP contribution in [-0.2, 0) is 14.3 Å². The van der Waals surface area contributed by atoms with Gasteiger partial charge in [0.2, 0.25) is 0 Å². The largest absolute Gasteiger partial charge is 0.508 e. The van der Waals surface area contributed by atoms with Gasteiger partial charge in [0.15, 0.2) is 5.60 Å². The quantitative estimate of drug-likeness (QED) is 0.304. The summed E-state index contributed by atoms with van der Waals surface area (Å²) in [7, 11) is 0. The summed E-state index contributed by atoms with van der Waals surface area (Å²) in [6.07, 6.45) is -3.54. The first-order valence-electron chi connectivity index (χ1n) is 7.34. The maximum absolute atomic E-state index is 11.8. The van der Waals surface area contributed by atoms with Crippen LogP contribution in [0.3, 0.4) is 0 Å². The second-order valence-corrected chi connectivity index (χ2v) is 5.89. The standard InChI is InChI=1S/C16H18O9/c17-9-3-8(4-10(18)5-9)1-2-13(20)25-12-7-16(24,15(22)23)6-11(19)14(12)21/h1-5,11-12,14,17-19,21,24H,6-7H2,(H,22,23)/t11-,12-,14-,16+/m0/s1. The number of carbonyl (C=O) groups excluding carboxylic acids is 1. The summed E-state index contributed by atoms with van der Waals surface area (Å²) >= 11 is 0. The second kappa shape index (κ2) is 7.09. The molecule has 0 unspecified atom stereocenters. The number of carboxylic acids is 1. The smallest absolute Gasteiger partial charge is 0.335 e. The molecule has 25 heavy (non-hydrogen) atoms. The number of ether oxygens (including phenoxy) is 1. The zero-order chi connectivity index (χ0) is 18.8. The predicted octanol–water partition coefficient (Wildman–Crippen LogP) is -0.646. The van der Waals surface area contributed by atoms with Crippen LogP contribution in [0.2, 0.25) is 0 Å². The van der Waals surface area contributed by atoms with E-state index in [2.05, 4.69) is 0 Å². The van der Waals surface area contributed by atoms with E-state index in [4.69, 9.17) is 9.84 Å². The molecule has 9 nitrogen and oxygen atoms in total. The summed E-state index contributed by atoms with van der Waals surface area (Å²) in [4.78, 5) is 22.9. The molecule has 1 saturated carbocycles. The van der Waals surface area contributed by atoms with Gasteiger partial charge < -0.3 is 35.4 Å². The number of aromatic hydroxyl groups is 2. The van der Waals surface area contributed by atoms with Crippen LogP contribution in [0.1, 0.15) is 18.4 Å². The van der Waals surface area contributed by atoms with Crippen molar-refractivity contribution in [1.29, 1.82) is 0 Å². The van der Waals surface area contributed by atoms with Crippen LogP contribution in [-0.4, -0.2) is 66.5 Å². The number of rotatable bonds is 4. The summed E-state index contributed by atoms with van der Waals surface area (Å²) in [5.41, 5.74) is -2.02. The Kier molecular flexibility index (Phi) is 5.31. The highest BCUT2D eigenvalue weighted by atomic mass is 16.6. The number of phenolic OH excluding ortho intramolecular Hbond substituents is 2. The van der Waals surface area contributed by atoms with Gasteiger partial charge in [-0.3, -0.25) is 0 Å². The van der Waals surface area contributed by atoms with Crippen LogP contribution in [0, 0.1) is 0 Å². The van der Waals surface area contributed by atoms with Crippen molar-refractivity contribution in [2.24, 2.45) is 0 Å². The van der Waals surface area contributed by atoms with E-state index in [0.29, 0.717) is 5.56 Å². The number of benzene rings is 1. The Morgan fingerprint density at radius 1 is 1.12 bits per heavy atom. The van der Waals surface area contributed by atoms with Gasteiger partial charge >= 0.3 is 11.9 Å². The molecule has 0 aromatic heterocycles. The molecule has 4 atom stereocenters. The Morgan fingerprint density at radius 3 is 2.28 bits per heavy atom. The molecule has 0 spiro atoms. The first-order valence-corrected chi connectivity index (χ1v) is 7.34. The third-order valence-corrected chi connectivity index (χ3v) is 3.86. The Balaban J connectivity index is 2.07. The minimum absolute atomic E-state index is 0.217. The average Bonchev–Trinajstić information content (AvgIpc) is 2.49. The topological polar surface area (TPSA) is 165 Å². The Hall–Kier alpha value is -2.62. The van der Waals surface area contributed by atoms with Gasteiger partial charge in [-0.2, -0.15) is 0 Å². The maximum Gasteiger partial charge on any atom is 0.335 e. The minimum atomic E-state index is -2.32. The van der Waals surface area contributed by atoms with Gasteiger partial charge in [0.25, 0.3) is 0 Å². The number of hydrogen-bond acceptors (Lipinski definition) is 8. The molecule has 1 aliphatic carbocycles. The number of esters is 1. The number of aliphatic carboxylic acids is 1. The highest BCUT2D eigenvalue weighted by Gasteiger charge is 2.50. The second-order valence-electron chi connectivity index (χ2n) is 5.89. The van der Waals surface area contributed by atoms with Crippen molar-refractivity contribution >= 4 is 18.0 Å². The molecule has 1 aliphatic rings. The van der Waals surface area contributed by atoms with E-state index >= 15 is 0 Å². The van der Waals surface area contributed by atoms with Crippen molar-refractivity contribution < 1.29 is 45.0 Å². The van der Waals surface area contributed by atoms with E-state index in [0.717, 1.165) is 12.1 Å². The fourth-order valence-corrected chi connectivity index (χ4v) is 2.60. The van der Waals surface area contributed by atoms with E-state index in [9.17, 15) is 35.1 Å². The number of hydrogen-bond donors (Lipinski definition) is 6. The van der Waals surface area contributed by atoms with Crippen LogP contribution in [0.15, 0.2) is 24.3 Å². The lowest BCUT2D eigenvalue weighted by molar-refractivity contribution is -0.196. The van der Waals surface area contributed by atoms with Gasteiger partial charge in [-0.25, -0.2) is 9.59 Å². The SMILES string of the molecule is O=C(C=Cc1cc(O)cc(O)c1)O[C@H]1C[C@@](O)(C(=O)O)C[C@H](O)[C@@H]1O. The third-order valence-electron chi connectivity index (χ3n) is 3.86. The highest BCUT2D eigenvalue weighted by molar-refractivity contribution is 5.87. The van der Waals surface area contributed by atoms with Crippen molar-refractivity contribution in [3.8, 4) is 11.5 Å². The van der Waals surface area contributed by atoms with Crippen LogP contribution in [0.25, 0.3) is 6.08 Å². The summed E-state index contributed by atoms with van der Waals surface area (Å²) in [6.45, 7) is 0. The third kappa shape index (κ3) is 4.47. The summed E-state index contributed by atoms with van der Waals surface area (Å²) in [5.74, 6) is -2.99. The molecule has 0 amide bonds. The van der Waals surface area contributed by atoms with Gasteiger partial charge in [0.05, 0.1) is 6.10 Å². The lowest BCUT2D eigenvalue weighted by atomic mass is 9.79. The molecule has 1 fully saturated rings. The number of carbonyl (C=O) groups is 2. The molecule has 1 aromatic rings. The molecule has 9 heteroatoms. The minimum Gasteiger partial charge on any atom is -0.508 e. The maximum atomic E-state index is 11.8. The fraction of sp³-hybridized carbons (Fsp3) is 0.375. The summed E-state index contributed by atoms with van der Waals surface area (Å²) in [6, 6.07) is 3.64. The molecule has 0 aliphatic heterocycles. The number of carboxylic acid groups (broad SMARTS) is 1. The Labute approximate surface area is 142 Å². The number of aliphatic hydroxyl groups excluding tert-OH is 2. The Morgan fingerprint density at radius 2 is 1.72 bits per heavy atom. The zero-order valence-corrected chi connectivity index (χ0v) is 12.9. The van der Waals surface area contributed by atoms with E-state index in [1.165, 1.54) is 18.2 Å². The van der Waals surface area contributed by atoms with Crippen molar-refractivity contribution in [2.75, 3.05) is 0 Å². The van der Waals surface area contributed by atoms with E-state index in [1.807, 2.05) is 0 Å². The van der Waals surface area contributed by atoms with Crippen LogP contribution < -0.4 is 0 Å². The summed E-state index contributed by atoms with van der Waals surface area (Å²) < 4.78 is 4.92. The lowest BCUT2D eigenvalue weighted by Gasteiger charge is -2.39. The van der Waals surface area contributed by atoms with Crippen molar-refractivity contribution in [1.82, 2.24) is 0 Å². The molecule has 0 bridgehead atoms. The van der Waals surface area contributed by atoms with Gasteiger partial charge in [0.1, 0.15) is 23.7 Å². The monoisotopic (exact) mass is 354 g/mol. The normalized spacial score (nSPS) is 29.5. The number of aliphatic hydroxyl groups is 3. The van der Waals surface area contributed by atoms with Crippen molar-refractivity contribution in [3.05, 3.63) is 29.8 Å². The van der Waals surface area contributed by atoms with Gasteiger partial charge in [-0.05, 0) is 23.8 Å². The Bertz CT molecular complexity index is 679. The molecule has 0 heterocycles. The first-order chi connectivity index (χ1) is 11.6. The number of phenols is 2. The molecule has 136 valence electrons. The molecular weight excluding hydrogens is 336 g/mol. The molecule has 0 saturated heterocycles. The van der Waals surface area contributed by atoms with Crippen LogP contribution >= 0.6 is 0 Å². The zero-order valence-electron chi connectivity index (χ0n) is 12.9. The lowest BCUT2D eigenvalue weighted by Crippen LogP contribution is -2.57. The van der Waals surface area contributed by atoms with Crippen molar-refractivity contribution in [2.45, 2.75) is 36.8 Å². The fourth-order valence-electron chi connectivity index (χ4n) is 2.60. The van der Waals surface area contributed by atoms with Gasteiger partial charge in [-0.15, -0.1) is 0 Å². The van der Waals surface area contributed by atoms with E-state index in [-0.39, 0.29) is 11.5 Å². The average molecular weight is 354 g/mol. The predicted molar refractivity (Wildman–Crippen MR) is 82.5 cm³/mol. The van der Waals surface area contributed by atoms with E-state index in [1.54, 1.807) is 0 Å². The van der Waals surface area contributed by atoms with Gasteiger partial charge in [0, 0.05) is 25.0 Å². The molecule has 6 N–H and O–H groups in total. The van der Waals surface area contributed by atoms with Crippen LogP contribution in [0.4, 0.5) is 0 Å². The van der Waals surface area contributed by atoms with E-state index < -0.39 is 48.7 Å². The summed E-state index contributed by atoms with van der Waals surface area (Å²) in [5, 5.41) is 57.2. The highest BCUT2D eigenvalue weighted by Crippen LogP contribution is 2.31. The van der Waals surface area contributed by atoms with Crippen molar-refractivity contribution in [3.63, 3.8) is 0 Å².